The monoisotopic (exact) mass is 472 g/mol. The van der Waals surface area contributed by atoms with Crippen LogP contribution in [-0.4, -0.2) is 0 Å². The number of hydrogen-bond acceptors (Lipinski definition) is 0. The van der Waals surface area contributed by atoms with E-state index in [2.05, 4.69) is 62.4 Å². The fraction of sp³-hybridized carbons (Fsp3) is 0.657. The molecule has 0 amide bonds. The van der Waals surface area contributed by atoms with Crippen molar-refractivity contribution in [1.29, 1.82) is 0 Å². The maximum atomic E-state index is 2.42. The van der Waals surface area contributed by atoms with Gasteiger partial charge in [0.25, 0.3) is 0 Å². The Labute approximate surface area is 217 Å². The minimum Gasteiger partial charge on any atom is -0.0654 e. The summed E-state index contributed by atoms with van der Waals surface area (Å²) >= 11 is 0. The van der Waals surface area contributed by atoms with E-state index in [1.165, 1.54) is 126 Å². The second-order valence-corrected chi connectivity index (χ2v) is 12.1. The third-order valence-electron chi connectivity index (χ3n) is 9.51. The Balaban J connectivity index is 1.20. The van der Waals surface area contributed by atoms with Crippen LogP contribution in [0, 0.1) is 17.8 Å². The second kappa shape index (κ2) is 14.2. The van der Waals surface area contributed by atoms with E-state index in [-0.39, 0.29) is 0 Å². The minimum atomic E-state index is 0.788. The first-order chi connectivity index (χ1) is 17.2. The largest absolute Gasteiger partial charge is 0.0654 e. The van der Waals surface area contributed by atoms with Gasteiger partial charge in [-0.1, -0.05) is 133 Å². The molecule has 192 valence electrons. The molecule has 0 atom stereocenters. The van der Waals surface area contributed by atoms with Crippen LogP contribution in [0.15, 0.2) is 48.5 Å². The van der Waals surface area contributed by atoms with Crippen LogP contribution in [0.3, 0.4) is 0 Å². The van der Waals surface area contributed by atoms with Gasteiger partial charge in [0, 0.05) is 0 Å². The number of benzene rings is 2. The van der Waals surface area contributed by atoms with E-state index >= 15 is 0 Å². The summed E-state index contributed by atoms with van der Waals surface area (Å²) in [5.74, 6) is 3.78. The van der Waals surface area contributed by atoms with Crippen molar-refractivity contribution in [3.63, 3.8) is 0 Å². The topological polar surface area (TPSA) is 0 Å². The highest BCUT2D eigenvalue weighted by Gasteiger charge is 2.22. The Kier molecular flexibility index (Phi) is 10.8. The predicted molar refractivity (Wildman–Crippen MR) is 154 cm³/mol. The average Bonchev–Trinajstić information content (AvgIpc) is 2.92. The fourth-order valence-corrected chi connectivity index (χ4v) is 6.95. The Hall–Kier alpha value is -1.56. The standard InChI is InChI=1S/C35H52/c1-3-5-7-9-29-16-20-32(21-17-29)34-24-26-35(27-25-34)33-22-18-31(19-23-33)15-14-30-12-10-28(11-13-30)8-6-4-2/h18-19,22-30,32H,3-17,20-21H2,1-2H3. The van der Waals surface area contributed by atoms with Gasteiger partial charge < -0.3 is 0 Å². The van der Waals surface area contributed by atoms with E-state index in [0.717, 1.165) is 23.7 Å². The molecule has 2 aliphatic carbocycles. The first kappa shape index (κ1) is 26.5. The van der Waals surface area contributed by atoms with Gasteiger partial charge in [-0.05, 0) is 84.5 Å². The highest BCUT2D eigenvalue weighted by Crippen LogP contribution is 2.38. The van der Waals surface area contributed by atoms with Gasteiger partial charge in [-0.15, -0.1) is 0 Å². The molecular weight excluding hydrogens is 420 g/mol. The molecule has 2 aliphatic rings. The smallest absolute Gasteiger partial charge is 0.0162 e. The molecule has 0 nitrogen and oxygen atoms in total. The molecule has 35 heavy (non-hydrogen) atoms. The third kappa shape index (κ3) is 8.23. The van der Waals surface area contributed by atoms with Crippen molar-refractivity contribution in [2.24, 2.45) is 17.8 Å². The van der Waals surface area contributed by atoms with Crippen molar-refractivity contribution >= 4 is 0 Å². The molecule has 0 bridgehead atoms. The maximum absolute atomic E-state index is 2.42. The van der Waals surface area contributed by atoms with Gasteiger partial charge in [0.2, 0.25) is 0 Å². The molecule has 0 heterocycles. The summed E-state index contributed by atoms with van der Waals surface area (Å²) in [5, 5.41) is 0. The lowest BCUT2D eigenvalue weighted by Crippen LogP contribution is -2.15. The molecule has 0 spiro atoms. The van der Waals surface area contributed by atoms with Crippen LogP contribution in [0.5, 0.6) is 0 Å². The minimum absolute atomic E-state index is 0.788. The molecule has 2 fully saturated rings. The van der Waals surface area contributed by atoms with E-state index in [1.54, 1.807) is 5.56 Å². The van der Waals surface area contributed by atoms with Gasteiger partial charge in [0.05, 0.1) is 0 Å². The molecule has 4 rings (SSSR count). The highest BCUT2D eigenvalue weighted by molar-refractivity contribution is 5.64. The van der Waals surface area contributed by atoms with Crippen LogP contribution >= 0.6 is 0 Å². The van der Waals surface area contributed by atoms with E-state index in [0.29, 0.717) is 0 Å². The van der Waals surface area contributed by atoms with E-state index in [4.69, 9.17) is 0 Å². The summed E-state index contributed by atoms with van der Waals surface area (Å²) in [7, 11) is 0. The van der Waals surface area contributed by atoms with Crippen molar-refractivity contribution < 1.29 is 0 Å². The lowest BCUT2D eigenvalue weighted by Gasteiger charge is -2.29. The Morgan fingerprint density at radius 3 is 1.57 bits per heavy atom. The van der Waals surface area contributed by atoms with Gasteiger partial charge in [-0.25, -0.2) is 0 Å². The number of hydrogen-bond donors (Lipinski definition) is 0. The number of aryl methyl sites for hydroxylation is 1. The lowest BCUT2D eigenvalue weighted by atomic mass is 9.77. The van der Waals surface area contributed by atoms with Crippen LogP contribution in [-0.2, 0) is 6.42 Å². The Morgan fingerprint density at radius 2 is 1.00 bits per heavy atom. The Morgan fingerprint density at radius 1 is 0.514 bits per heavy atom. The maximum Gasteiger partial charge on any atom is -0.0162 e. The van der Waals surface area contributed by atoms with Crippen molar-refractivity contribution in [3.05, 3.63) is 59.7 Å². The predicted octanol–water partition coefficient (Wildman–Crippen LogP) is 11.1. The average molecular weight is 473 g/mol. The van der Waals surface area contributed by atoms with Crippen molar-refractivity contribution in [2.75, 3.05) is 0 Å². The molecular formula is C35H52. The molecule has 0 aliphatic heterocycles. The molecule has 0 N–H and O–H groups in total. The SMILES string of the molecule is CCCCCC1CCC(c2ccc(-c3ccc(CCC4CCC(CCCC)CC4)cc3)cc2)CC1. The first-order valence-electron chi connectivity index (χ1n) is 15.4. The summed E-state index contributed by atoms with van der Waals surface area (Å²) in [4.78, 5) is 0. The van der Waals surface area contributed by atoms with Crippen LogP contribution < -0.4 is 0 Å². The van der Waals surface area contributed by atoms with Crippen LogP contribution in [0.4, 0.5) is 0 Å². The van der Waals surface area contributed by atoms with Gasteiger partial charge in [-0.2, -0.15) is 0 Å². The van der Waals surface area contributed by atoms with Crippen molar-refractivity contribution in [3.8, 4) is 11.1 Å². The van der Waals surface area contributed by atoms with Crippen LogP contribution in [0.1, 0.15) is 134 Å². The zero-order chi connectivity index (χ0) is 24.3. The molecule has 2 aromatic carbocycles. The summed E-state index contributed by atoms with van der Waals surface area (Å²) in [5.41, 5.74) is 5.84. The zero-order valence-electron chi connectivity index (χ0n) is 22.9. The van der Waals surface area contributed by atoms with Crippen molar-refractivity contribution in [1.82, 2.24) is 0 Å². The van der Waals surface area contributed by atoms with Crippen LogP contribution in [0.25, 0.3) is 11.1 Å². The summed E-state index contributed by atoms with van der Waals surface area (Å²) in [6, 6.07) is 19.1. The third-order valence-corrected chi connectivity index (χ3v) is 9.51. The lowest BCUT2D eigenvalue weighted by molar-refractivity contribution is 0.250. The molecule has 0 saturated heterocycles. The Bertz CT molecular complexity index is 813. The molecule has 2 saturated carbocycles. The zero-order valence-corrected chi connectivity index (χ0v) is 22.9. The summed E-state index contributed by atoms with van der Waals surface area (Å²) < 4.78 is 0. The number of unbranched alkanes of at least 4 members (excludes halogenated alkanes) is 3. The first-order valence-corrected chi connectivity index (χ1v) is 15.4. The highest BCUT2D eigenvalue weighted by atomic mass is 14.3. The van der Waals surface area contributed by atoms with Gasteiger partial charge in [0.1, 0.15) is 0 Å². The number of rotatable bonds is 12. The second-order valence-electron chi connectivity index (χ2n) is 12.1. The van der Waals surface area contributed by atoms with E-state index in [1.807, 2.05) is 0 Å². The summed E-state index contributed by atoms with van der Waals surface area (Å²) in [6.45, 7) is 4.64. The van der Waals surface area contributed by atoms with Crippen LogP contribution in [0.2, 0.25) is 0 Å². The van der Waals surface area contributed by atoms with Crippen molar-refractivity contribution in [2.45, 2.75) is 129 Å². The quantitative estimate of drug-likeness (QED) is 0.269. The van der Waals surface area contributed by atoms with Gasteiger partial charge in [0.15, 0.2) is 0 Å². The molecule has 2 aromatic rings. The molecule has 0 radical (unpaired) electrons. The normalized spacial score (nSPS) is 25.0. The molecule has 0 aromatic heterocycles. The molecule has 0 unspecified atom stereocenters. The van der Waals surface area contributed by atoms with Gasteiger partial charge in [-0.3, -0.25) is 0 Å². The van der Waals surface area contributed by atoms with E-state index < -0.39 is 0 Å². The summed E-state index contributed by atoms with van der Waals surface area (Å²) in [6.07, 6.45) is 24.2. The fourth-order valence-electron chi connectivity index (χ4n) is 6.95. The van der Waals surface area contributed by atoms with Gasteiger partial charge >= 0.3 is 0 Å². The van der Waals surface area contributed by atoms with E-state index in [9.17, 15) is 0 Å². The molecule has 0 heteroatoms.